The number of carbonyl (C=O) groups is 2. The molecule has 2 aromatic rings. The smallest absolute Gasteiger partial charge is 0.328 e. The molecule has 0 aromatic carbocycles. The molecule has 0 fully saturated rings. The molecule has 5 nitrogen and oxygen atoms in total. The van der Waals surface area contributed by atoms with Crippen molar-refractivity contribution in [2.45, 2.75) is 13.1 Å². The quantitative estimate of drug-likeness (QED) is 0.830. The van der Waals surface area contributed by atoms with Crippen LogP contribution in [0.15, 0.2) is 52.5 Å². The minimum atomic E-state index is -1.15. The van der Waals surface area contributed by atoms with Crippen molar-refractivity contribution >= 4 is 23.2 Å². The van der Waals surface area contributed by atoms with E-state index in [1.165, 1.54) is 11.2 Å². The highest BCUT2D eigenvalue weighted by atomic mass is 32.1. The first-order valence-electron chi connectivity index (χ1n) is 5.90. The fourth-order valence-corrected chi connectivity index (χ4v) is 2.36. The molecule has 0 unspecified atom stereocenters. The van der Waals surface area contributed by atoms with Crippen molar-refractivity contribution in [2.75, 3.05) is 0 Å². The zero-order valence-electron chi connectivity index (χ0n) is 10.6. The lowest BCUT2D eigenvalue weighted by Crippen LogP contribution is -2.28. The number of hydrogen-bond acceptors (Lipinski definition) is 4. The number of furan rings is 1. The maximum atomic E-state index is 12.0. The van der Waals surface area contributed by atoms with Crippen LogP contribution in [0, 0.1) is 0 Å². The Hall–Kier alpha value is -2.34. The molecular weight excluding hydrogens is 278 g/mol. The topological polar surface area (TPSA) is 70.8 Å². The molecular formula is C14H13NO4S. The SMILES string of the molecule is O=C(O)/C=C/C(=O)N(Cc1ccco1)Cc1cccs1. The largest absolute Gasteiger partial charge is 0.478 e. The van der Waals surface area contributed by atoms with E-state index in [9.17, 15) is 9.59 Å². The Bertz CT molecular complexity index is 550. The minimum absolute atomic E-state index is 0.299. The summed E-state index contributed by atoms with van der Waals surface area (Å²) in [7, 11) is 0. The van der Waals surface area contributed by atoms with Crippen LogP contribution < -0.4 is 0 Å². The molecule has 0 saturated carbocycles. The van der Waals surface area contributed by atoms with Gasteiger partial charge in [-0.15, -0.1) is 11.3 Å². The van der Waals surface area contributed by atoms with Crippen LogP contribution >= 0.6 is 11.3 Å². The molecule has 0 spiro atoms. The summed E-state index contributed by atoms with van der Waals surface area (Å²) < 4.78 is 5.23. The molecule has 2 rings (SSSR count). The summed E-state index contributed by atoms with van der Waals surface area (Å²) in [6.45, 7) is 0.717. The van der Waals surface area contributed by atoms with E-state index in [2.05, 4.69) is 0 Å². The average Bonchev–Trinajstić information content (AvgIpc) is 3.08. The zero-order chi connectivity index (χ0) is 14.4. The van der Waals surface area contributed by atoms with Gasteiger partial charge < -0.3 is 14.4 Å². The average molecular weight is 291 g/mol. The number of hydrogen-bond donors (Lipinski definition) is 1. The predicted molar refractivity (Wildman–Crippen MR) is 74.1 cm³/mol. The Morgan fingerprint density at radius 1 is 1.25 bits per heavy atom. The number of carboxylic acid groups (broad SMARTS) is 1. The Morgan fingerprint density at radius 3 is 2.70 bits per heavy atom. The molecule has 20 heavy (non-hydrogen) atoms. The van der Waals surface area contributed by atoms with E-state index in [0.29, 0.717) is 18.8 Å². The number of aliphatic carboxylic acids is 1. The highest BCUT2D eigenvalue weighted by Crippen LogP contribution is 2.15. The summed E-state index contributed by atoms with van der Waals surface area (Å²) in [4.78, 5) is 25.1. The Balaban J connectivity index is 2.10. The molecule has 6 heteroatoms. The summed E-state index contributed by atoms with van der Waals surface area (Å²) in [5.74, 6) is -0.858. The molecule has 0 radical (unpaired) electrons. The van der Waals surface area contributed by atoms with Gasteiger partial charge in [0.15, 0.2) is 0 Å². The van der Waals surface area contributed by atoms with Gasteiger partial charge in [0, 0.05) is 17.0 Å². The van der Waals surface area contributed by atoms with Crippen molar-refractivity contribution in [3.63, 3.8) is 0 Å². The molecule has 0 saturated heterocycles. The van der Waals surface area contributed by atoms with Crippen molar-refractivity contribution < 1.29 is 19.1 Å². The molecule has 2 heterocycles. The van der Waals surface area contributed by atoms with Crippen LogP contribution in [0.1, 0.15) is 10.6 Å². The first-order chi connectivity index (χ1) is 9.65. The molecule has 2 aromatic heterocycles. The lowest BCUT2D eigenvalue weighted by atomic mass is 10.3. The molecule has 104 valence electrons. The second kappa shape index (κ2) is 6.72. The van der Waals surface area contributed by atoms with Crippen LogP contribution in [0.25, 0.3) is 0 Å². The van der Waals surface area contributed by atoms with E-state index in [-0.39, 0.29) is 5.91 Å². The first kappa shape index (κ1) is 14.1. The van der Waals surface area contributed by atoms with Crippen LogP contribution in [0.4, 0.5) is 0 Å². The second-order valence-corrected chi connectivity index (χ2v) is 5.06. The van der Waals surface area contributed by atoms with Gasteiger partial charge in [-0.25, -0.2) is 4.79 Å². The molecule has 0 atom stereocenters. The van der Waals surface area contributed by atoms with E-state index >= 15 is 0 Å². The second-order valence-electron chi connectivity index (χ2n) is 4.02. The lowest BCUT2D eigenvalue weighted by molar-refractivity contribution is -0.132. The monoisotopic (exact) mass is 291 g/mol. The number of amides is 1. The molecule has 0 aliphatic carbocycles. The minimum Gasteiger partial charge on any atom is -0.478 e. The summed E-state index contributed by atoms with van der Waals surface area (Å²) in [5, 5.41) is 10.5. The van der Waals surface area contributed by atoms with Gasteiger partial charge in [-0.2, -0.15) is 0 Å². The Kier molecular flexibility index (Phi) is 4.73. The van der Waals surface area contributed by atoms with E-state index in [4.69, 9.17) is 9.52 Å². The molecule has 0 aliphatic rings. The van der Waals surface area contributed by atoms with Crippen molar-refractivity contribution in [1.29, 1.82) is 0 Å². The van der Waals surface area contributed by atoms with Gasteiger partial charge in [0.25, 0.3) is 0 Å². The van der Waals surface area contributed by atoms with E-state index < -0.39 is 5.97 Å². The third kappa shape index (κ3) is 4.10. The number of rotatable bonds is 6. The third-order valence-corrected chi connectivity index (χ3v) is 3.39. The third-order valence-electron chi connectivity index (χ3n) is 2.53. The maximum Gasteiger partial charge on any atom is 0.328 e. The normalized spacial score (nSPS) is 10.8. The van der Waals surface area contributed by atoms with Crippen LogP contribution in [0.3, 0.4) is 0 Å². The van der Waals surface area contributed by atoms with Crippen LogP contribution in [-0.4, -0.2) is 21.9 Å². The zero-order valence-corrected chi connectivity index (χ0v) is 11.4. The van der Waals surface area contributed by atoms with Gasteiger partial charge in [0.2, 0.25) is 5.91 Å². The van der Waals surface area contributed by atoms with E-state index in [1.807, 2.05) is 17.5 Å². The predicted octanol–water partition coefficient (Wildman–Crippen LogP) is 2.51. The van der Waals surface area contributed by atoms with Crippen LogP contribution in [0.5, 0.6) is 0 Å². The van der Waals surface area contributed by atoms with Crippen molar-refractivity contribution in [1.82, 2.24) is 4.90 Å². The van der Waals surface area contributed by atoms with Gasteiger partial charge in [-0.1, -0.05) is 6.07 Å². The maximum absolute atomic E-state index is 12.0. The van der Waals surface area contributed by atoms with Gasteiger partial charge in [0.1, 0.15) is 5.76 Å². The summed E-state index contributed by atoms with van der Waals surface area (Å²) in [6.07, 6.45) is 3.43. The Morgan fingerprint density at radius 2 is 2.10 bits per heavy atom. The van der Waals surface area contributed by atoms with Gasteiger partial charge in [-0.3, -0.25) is 4.79 Å². The standard InChI is InChI=1S/C14H13NO4S/c16-13(5-6-14(17)18)15(9-11-3-1-7-19-11)10-12-4-2-8-20-12/h1-8H,9-10H2,(H,17,18)/b6-5+. The molecule has 1 N–H and O–H groups in total. The summed E-state index contributed by atoms with van der Waals surface area (Å²) in [6, 6.07) is 7.35. The molecule has 0 aliphatic heterocycles. The van der Waals surface area contributed by atoms with Crippen molar-refractivity contribution in [3.05, 3.63) is 58.7 Å². The van der Waals surface area contributed by atoms with Crippen molar-refractivity contribution in [2.24, 2.45) is 0 Å². The van der Waals surface area contributed by atoms with E-state index in [1.54, 1.807) is 23.5 Å². The molecule has 0 bridgehead atoms. The Labute approximate surface area is 119 Å². The van der Waals surface area contributed by atoms with Gasteiger partial charge in [-0.05, 0) is 23.6 Å². The van der Waals surface area contributed by atoms with Crippen LogP contribution in [-0.2, 0) is 22.7 Å². The summed E-state index contributed by atoms with van der Waals surface area (Å²) in [5.41, 5.74) is 0. The highest BCUT2D eigenvalue weighted by Gasteiger charge is 2.14. The fourth-order valence-electron chi connectivity index (χ4n) is 1.64. The fraction of sp³-hybridized carbons (Fsp3) is 0.143. The number of carboxylic acids is 1. The van der Waals surface area contributed by atoms with E-state index in [0.717, 1.165) is 17.0 Å². The lowest BCUT2D eigenvalue weighted by Gasteiger charge is -2.19. The first-order valence-corrected chi connectivity index (χ1v) is 6.78. The van der Waals surface area contributed by atoms with Crippen molar-refractivity contribution in [3.8, 4) is 0 Å². The molecule has 1 amide bonds. The number of carbonyl (C=O) groups excluding carboxylic acids is 1. The van der Waals surface area contributed by atoms with Crippen LogP contribution in [0.2, 0.25) is 0 Å². The number of nitrogens with zero attached hydrogens (tertiary/aromatic N) is 1. The number of thiophene rings is 1. The highest BCUT2D eigenvalue weighted by molar-refractivity contribution is 7.09. The van der Waals surface area contributed by atoms with Gasteiger partial charge in [0.05, 0.1) is 19.4 Å². The summed E-state index contributed by atoms with van der Waals surface area (Å²) >= 11 is 1.54. The van der Waals surface area contributed by atoms with Gasteiger partial charge >= 0.3 is 5.97 Å².